The Morgan fingerprint density at radius 3 is 2.85 bits per heavy atom. The summed E-state index contributed by atoms with van der Waals surface area (Å²) in [5, 5.41) is 4.20. The van der Waals surface area contributed by atoms with Crippen molar-refractivity contribution in [1.29, 1.82) is 0 Å². The number of nitrogens with two attached hydrogens (primary N) is 1. The number of anilines is 2. The molecule has 3 heterocycles. The summed E-state index contributed by atoms with van der Waals surface area (Å²) in [6.45, 7) is 2.06. The van der Waals surface area contributed by atoms with Crippen LogP contribution in [0.15, 0.2) is 30.6 Å². The Morgan fingerprint density at radius 1 is 1.25 bits per heavy atom. The number of thiophene rings is 1. The first-order valence-electron chi connectivity index (χ1n) is 6.02. The highest BCUT2D eigenvalue weighted by Crippen LogP contribution is 2.30. The number of hydrogen-bond donors (Lipinski definition) is 2. The van der Waals surface area contributed by atoms with E-state index in [2.05, 4.69) is 27.2 Å². The van der Waals surface area contributed by atoms with Crippen molar-refractivity contribution in [3.63, 3.8) is 0 Å². The van der Waals surface area contributed by atoms with Crippen LogP contribution in [0.25, 0.3) is 11.0 Å². The minimum absolute atomic E-state index is 0.100. The van der Waals surface area contributed by atoms with Gasteiger partial charge in [-0.3, -0.25) is 0 Å². The van der Waals surface area contributed by atoms with Crippen LogP contribution in [0.1, 0.15) is 17.8 Å². The number of nitrogen functional groups attached to an aromatic ring is 1. The molecule has 5 nitrogen and oxygen atoms in total. The molecule has 0 aromatic carbocycles. The van der Waals surface area contributed by atoms with Crippen LogP contribution in [-0.2, 0) is 0 Å². The predicted octanol–water partition coefficient (Wildman–Crippen LogP) is 3.50. The maximum absolute atomic E-state index is 5.96. The summed E-state index contributed by atoms with van der Waals surface area (Å²) in [7, 11) is 0. The monoisotopic (exact) mass is 305 g/mol. The summed E-state index contributed by atoms with van der Waals surface area (Å²) in [6, 6.07) is 7.60. The molecule has 3 aromatic heterocycles. The third-order valence-corrected chi connectivity index (χ3v) is 4.31. The molecular formula is C13H12ClN5S. The number of aromatic nitrogens is 3. The van der Waals surface area contributed by atoms with Gasteiger partial charge < -0.3 is 11.1 Å². The van der Waals surface area contributed by atoms with E-state index >= 15 is 0 Å². The molecule has 0 aliphatic carbocycles. The number of fused-ring (bicyclic) bond motifs is 1. The second-order valence-corrected chi connectivity index (χ2v) is 6.08. The number of rotatable bonds is 3. The second-order valence-electron chi connectivity index (χ2n) is 4.34. The smallest absolute Gasteiger partial charge is 0.166 e. The average Bonchev–Trinajstić information content (AvgIpc) is 2.85. The van der Waals surface area contributed by atoms with Gasteiger partial charge in [0.25, 0.3) is 0 Å². The molecule has 0 amide bonds. The van der Waals surface area contributed by atoms with E-state index in [1.165, 1.54) is 6.33 Å². The largest absolute Gasteiger partial charge is 0.384 e. The molecule has 0 saturated heterocycles. The Labute approximate surface area is 124 Å². The summed E-state index contributed by atoms with van der Waals surface area (Å²) in [4.78, 5) is 13.7. The van der Waals surface area contributed by atoms with Crippen LogP contribution in [-0.4, -0.2) is 15.0 Å². The van der Waals surface area contributed by atoms with Gasteiger partial charge in [-0.15, -0.1) is 11.3 Å². The van der Waals surface area contributed by atoms with Crippen molar-refractivity contribution < 1.29 is 0 Å². The van der Waals surface area contributed by atoms with Gasteiger partial charge in [0, 0.05) is 4.88 Å². The Bertz CT molecular complexity index is 757. The zero-order chi connectivity index (χ0) is 14.1. The first kappa shape index (κ1) is 13.1. The fourth-order valence-corrected chi connectivity index (χ4v) is 2.97. The molecule has 7 heteroatoms. The molecular weight excluding hydrogens is 294 g/mol. The SMILES string of the molecule is CC(Nc1ncnc2nc(N)ccc12)c1ccc(Cl)s1. The van der Waals surface area contributed by atoms with Gasteiger partial charge in [-0.1, -0.05) is 11.6 Å². The molecule has 102 valence electrons. The normalized spacial score (nSPS) is 12.5. The number of nitrogens with zero attached hydrogens (tertiary/aromatic N) is 3. The van der Waals surface area contributed by atoms with Crippen molar-refractivity contribution in [2.75, 3.05) is 11.1 Å². The lowest BCUT2D eigenvalue weighted by atomic mass is 10.2. The van der Waals surface area contributed by atoms with Gasteiger partial charge >= 0.3 is 0 Å². The van der Waals surface area contributed by atoms with Crippen LogP contribution in [0.2, 0.25) is 4.34 Å². The molecule has 3 rings (SSSR count). The average molecular weight is 306 g/mol. The summed E-state index contributed by atoms with van der Waals surface area (Å²) in [5.41, 5.74) is 6.25. The van der Waals surface area contributed by atoms with E-state index in [4.69, 9.17) is 17.3 Å². The Morgan fingerprint density at radius 2 is 2.10 bits per heavy atom. The molecule has 0 bridgehead atoms. The molecule has 0 aliphatic heterocycles. The van der Waals surface area contributed by atoms with Crippen molar-refractivity contribution in [3.05, 3.63) is 39.8 Å². The Kier molecular flexibility index (Phi) is 3.42. The first-order valence-corrected chi connectivity index (χ1v) is 7.22. The van der Waals surface area contributed by atoms with Crippen molar-refractivity contribution >= 4 is 45.6 Å². The van der Waals surface area contributed by atoms with Gasteiger partial charge in [-0.2, -0.15) is 0 Å². The van der Waals surface area contributed by atoms with Crippen LogP contribution in [0.3, 0.4) is 0 Å². The van der Waals surface area contributed by atoms with Gasteiger partial charge in [0.15, 0.2) is 5.65 Å². The minimum atomic E-state index is 0.100. The minimum Gasteiger partial charge on any atom is -0.384 e. The van der Waals surface area contributed by atoms with E-state index < -0.39 is 0 Å². The molecule has 1 atom stereocenters. The highest BCUT2D eigenvalue weighted by atomic mass is 35.5. The summed E-state index contributed by atoms with van der Waals surface area (Å²) >= 11 is 7.51. The lowest BCUT2D eigenvalue weighted by Crippen LogP contribution is -2.07. The molecule has 0 spiro atoms. The number of pyridine rings is 1. The maximum atomic E-state index is 5.96. The van der Waals surface area contributed by atoms with Crippen LogP contribution in [0.4, 0.5) is 11.6 Å². The van der Waals surface area contributed by atoms with Crippen molar-refractivity contribution in [2.24, 2.45) is 0 Å². The van der Waals surface area contributed by atoms with Crippen LogP contribution < -0.4 is 11.1 Å². The van der Waals surface area contributed by atoms with Crippen molar-refractivity contribution in [2.45, 2.75) is 13.0 Å². The fraction of sp³-hybridized carbons (Fsp3) is 0.154. The van der Waals surface area contributed by atoms with Crippen LogP contribution in [0.5, 0.6) is 0 Å². The number of hydrogen-bond acceptors (Lipinski definition) is 6. The third kappa shape index (κ3) is 2.52. The van der Waals surface area contributed by atoms with Gasteiger partial charge in [-0.25, -0.2) is 15.0 Å². The first-order chi connectivity index (χ1) is 9.63. The standard InChI is InChI=1S/C13H12ClN5S/c1-7(9-3-4-10(14)20-9)18-12-8-2-5-11(15)19-13(8)17-6-16-12/h2-7H,1H3,(H3,15,16,17,18,19). The number of nitrogens with one attached hydrogen (secondary N) is 1. The third-order valence-electron chi connectivity index (χ3n) is 2.89. The zero-order valence-corrected chi connectivity index (χ0v) is 12.2. The fourth-order valence-electron chi connectivity index (χ4n) is 1.91. The topological polar surface area (TPSA) is 76.7 Å². The molecule has 1 unspecified atom stereocenters. The van der Waals surface area contributed by atoms with E-state index in [-0.39, 0.29) is 6.04 Å². The lowest BCUT2D eigenvalue weighted by molar-refractivity contribution is 0.897. The summed E-state index contributed by atoms with van der Waals surface area (Å²) in [5.74, 6) is 1.18. The van der Waals surface area contributed by atoms with Crippen molar-refractivity contribution in [1.82, 2.24) is 15.0 Å². The zero-order valence-electron chi connectivity index (χ0n) is 10.7. The lowest BCUT2D eigenvalue weighted by Gasteiger charge is -2.14. The Balaban J connectivity index is 1.94. The van der Waals surface area contributed by atoms with E-state index in [1.54, 1.807) is 17.4 Å². The molecule has 20 heavy (non-hydrogen) atoms. The number of halogens is 1. The highest BCUT2D eigenvalue weighted by Gasteiger charge is 2.11. The van der Waals surface area contributed by atoms with E-state index in [1.807, 2.05) is 18.2 Å². The Hall–Kier alpha value is -1.92. The van der Waals surface area contributed by atoms with Gasteiger partial charge in [0.2, 0.25) is 0 Å². The summed E-state index contributed by atoms with van der Waals surface area (Å²) < 4.78 is 0.774. The van der Waals surface area contributed by atoms with Crippen LogP contribution >= 0.6 is 22.9 Å². The van der Waals surface area contributed by atoms with E-state index in [0.717, 1.165) is 20.4 Å². The molecule has 3 N–H and O–H groups in total. The molecule has 3 aromatic rings. The summed E-state index contributed by atoms with van der Waals surface area (Å²) in [6.07, 6.45) is 1.48. The highest BCUT2D eigenvalue weighted by molar-refractivity contribution is 7.16. The maximum Gasteiger partial charge on any atom is 0.166 e. The molecule has 0 saturated carbocycles. The van der Waals surface area contributed by atoms with Gasteiger partial charge in [-0.05, 0) is 31.2 Å². The van der Waals surface area contributed by atoms with Crippen LogP contribution in [0, 0.1) is 0 Å². The van der Waals surface area contributed by atoms with Gasteiger partial charge in [0.1, 0.15) is 18.0 Å². The van der Waals surface area contributed by atoms with E-state index in [0.29, 0.717) is 11.5 Å². The quantitative estimate of drug-likeness (QED) is 0.774. The molecule has 0 aliphatic rings. The molecule has 0 radical (unpaired) electrons. The van der Waals surface area contributed by atoms with Crippen molar-refractivity contribution in [3.8, 4) is 0 Å². The molecule has 0 fully saturated rings. The predicted molar refractivity (Wildman–Crippen MR) is 83.1 cm³/mol. The van der Waals surface area contributed by atoms with E-state index in [9.17, 15) is 0 Å². The van der Waals surface area contributed by atoms with Gasteiger partial charge in [0.05, 0.1) is 15.8 Å². The second kappa shape index (κ2) is 5.22.